The molecule has 3 rings (SSSR count). The van der Waals surface area contributed by atoms with Gasteiger partial charge in [-0.1, -0.05) is 37.0 Å². The van der Waals surface area contributed by atoms with Crippen molar-refractivity contribution < 1.29 is 18.8 Å². The van der Waals surface area contributed by atoms with Crippen LogP contribution in [0.3, 0.4) is 0 Å². The molecule has 1 aromatic carbocycles. The first-order chi connectivity index (χ1) is 14.0. The van der Waals surface area contributed by atoms with E-state index in [1.165, 1.54) is 23.7 Å². The predicted octanol–water partition coefficient (Wildman–Crippen LogP) is 2.80. The standard InChI is InChI=1S/C22H27N3O4/c1-16-9-11-18(12-10-16)25(15-20(26)24-17-6-3-2-4-7-17)21(27)14-23-22(28)19-8-5-13-29-19/h5,8-13,17H,2-4,6-7,14-15H2,1H3,(H,23,28)(H,24,26). The Morgan fingerprint density at radius 2 is 1.79 bits per heavy atom. The molecule has 1 fully saturated rings. The van der Waals surface area contributed by atoms with Gasteiger partial charge in [-0.15, -0.1) is 0 Å². The van der Waals surface area contributed by atoms with E-state index >= 15 is 0 Å². The van der Waals surface area contributed by atoms with E-state index in [2.05, 4.69) is 10.6 Å². The van der Waals surface area contributed by atoms with E-state index in [4.69, 9.17) is 4.42 Å². The molecular formula is C22H27N3O4. The van der Waals surface area contributed by atoms with Gasteiger partial charge in [-0.05, 0) is 44.0 Å². The molecule has 0 spiro atoms. The monoisotopic (exact) mass is 397 g/mol. The quantitative estimate of drug-likeness (QED) is 0.752. The average molecular weight is 397 g/mol. The number of hydrogen-bond donors (Lipinski definition) is 2. The number of rotatable bonds is 7. The number of aryl methyl sites for hydroxylation is 1. The molecule has 0 radical (unpaired) electrons. The molecular weight excluding hydrogens is 370 g/mol. The number of furan rings is 1. The van der Waals surface area contributed by atoms with Crippen LogP contribution < -0.4 is 15.5 Å². The molecule has 0 saturated heterocycles. The zero-order chi connectivity index (χ0) is 20.6. The Morgan fingerprint density at radius 1 is 1.07 bits per heavy atom. The third-order valence-electron chi connectivity index (χ3n) is 5.06. The van der Waals surface area contributed by atoms with Crippen LogP contribution in [0.1, 0.15) is 48.2 Å². The molecule has 7 nitrogen and oxygen atoms in total. The van der Waals surface area contributed by atoms with Gasteiger partial charge in [-0.2, -0.15) is 0 Å². The third-order valence-corrected chi connectivity index (χ3v) is 5.06. The normalized spacial score (nSPS) is 14.2. The number of nitrogens with one attached hydrogen (secondary N) is 2. The molecule has 2 N–H and O–H groups in total. The molecule has 2 aromatic rings. The molecule has 29 heavy (non-hydrogen) atoms. The summed E-state index contributed by atoms with van der Waals surface area (Å²) >= 11 is 0. The lowest BCUT2D eigenvalue weighted by molar-refractivity contribution is -0.124. The van der Waals surface area contributed by atoms with Gasteiger partial charge in [0.1, 0.15) is 6.54 Å². The molecule has 1 heterocycles. The lowest BCUT2D eigenvalue weighted by atomic mass is 9.95. The Kier molecular flexibility index (Phi) is 7.05. The van der Waals surface area contributed by atoms with Crippen LogP contribution in [0, 0.1) is 6.92 Å². The van der Waals surface area contributed by atoms with Crippen molar-refractivity contribution >= 4 is 23.4 Å². The van der Waals surface area contributed by atoms with Gasteiger partial charge in [0.25, 0.3) is 5.91 Å². The summed E-state index contributed by atoms with van der Waals surface area (Å²) in [6, 6.07) is 10.7. The van der Waals surface area contributed by atoms with Crippen LogP contribution in [0.15, 0.2) is 47.1 Å². The second kappa shape index (κ2) is 9.91. The second-order valence-corrected chi connectivity index (χ2v) is 7.38. The topological polar surface area (TPSA) is 91.7 Å². The lowest BCUT2D eigenvalue weighted by Gasteiger charge is -2.26. The van der Waals surface area contributed by atoms with Crippen LogP contribution in [-0.2, 0) is 9.59 Å². The first kappa shape index (κ1) is 20.6. The summed E-state index contributed by atoms with van der Waals surface area (Å²) in [6.45, 7) is 1.63. The number of amides is 3. The third kappa shape index (κ3) is 5.94. The Balaban J connectivity index is 1.65. The summed E-state index contributed by atoms with van der Waals surface area (Å²) in [5, 5.41) is 5.58. The van der Waals surface area contributed by atoms with E-state index in [9.17, 15) is 14.4 Å². The van der Waals surface area contributed by atoms with Crippen LogP contribution >= 0.6 is 0 Å². The summed E-state index contributed by atoms with van der Waals surface area (Å²) in [4.78, 5) is 38.9. The van der Waals surface area contributed by atoms with Crippen molar-refractivity contribution in [2.24, 2.45) is 0 Å². The molecule has 0 aliphatic heterocycles. The van der Waals surface area contributed by atoms with E-state index in [0.29, 0.717) is 5.69 Å². The summed E-state index contributed by atoms with van der Waals surface area (Å²) < 4.78 is 5.03. The zero-order valence-electron chi connectivity index (χ0n) is 16.6. The van der Waals surface area contributed by atoms with Crippen molar-refractivity contribution in [1.29, 1.82) is 0 Å². The fourth-order valence-corrected chi connectivity index (χ4v) is 3.46. The van der Waals surface area contributed by atoms with Gasteiger partial charge in [0.05, 0.1) is 12.8 Å². The number of benzene rings is 1. The maximum Gasteiger partial charge on any atom is 0.287 e. The molecule has 1 aliphatic rings. The number of carbonyl (C=O) groups excluding carboxylic acids is 3. The lowest BCUT2D eigenvalue weighted by Crippen LogP contribution is -2.47. The van der Waals surface area contributed by atoms with Crippen LogP contribution in [0.2, 0.25) is 0 Å². The Bertz CT molecular complexity index is 824. The molecule has 7 heteroatoms. The smallest absolute Gasteiger partial charge is 0.287 e. The maximum atomic E-state index is 12.8. The average Bonchev–Trinajstić information content (AvgIpc) is 3.26. The van der Waals surface area contributed by atoms with Gasteiger partial charge in [0.2, 0.25) is 11.8 Å². The molecule has 0 bridgehead atoms. The minimum Gasteiger partial charge on any atom is -0.459 e. The summed E-state index contributed by atoms with van der Waals surface area (Å²) in [6.07, 6.45) is 6.78. The highest BCUT2D eigenvalue weighted by molar-refractivity contribution is 6.02. The van der Waals surface area contributed by atoms with Crippen molar-refractivity contribution in [2.75, 3.05) is 18.0 Å². The van der Waals surface area contributed by atoms with Gasteiger partial charge in [0.15, 0.2) is 5.76 Å². The van der Waals surface area contributed by atoms with Crippen LogP contribution in [0.5, 0.6) is 0 Å². The molecule has 1 aliphatic carbocycles. The molecule has 154 valence electrons. The van der Waals surface area contributed by atoms with E-state index in [-0.39, 0.29) is 36.7 Å². The fourth-order valence-electron chi connectivity index (χ4n) is 3.46. The number of carbonyl (C=O) groups is 3. The SMILES string of the molecule is Cc1ccc(N(CC(=O)NC2CCCCC2)C(=O)CNC(=O)c2ccco2)cc1. The predicted molar refractivity (Wildman–Crippen MR) is 110 cm³/mol. The fraction of sp³-hybridized carbons (Fsp3) is 0.409. The second-order valence-electron chi connectivity index (χ2n) is 7.38. The van der Waals surface area contributed by atoms with Crippen LogP contribution in [-0.4, -0.2) is 36.9 Å². The first-order valence-corrected chi connectivity index (χ1v) is 10.0. The molecule has 0 unspecified atom stereocenters. The summed E-state index contributed by atoms with van der Waals surface area (Å²) in [5.41, 5.74) is 1.67. The van der Waals surface area contributed by atoms with Gasteiger partial charge < -0.3 is 20.0 Å². The van der Waals surface area contributed by atoms with Gasteiger partial charge in [0, 0.05) is 11.7 Å². The van der Waals surface area contributed by atoms with Crippen molar-refractivity contribution in [3.63, 3.8) is 0 Å². The van der Waals surface area contributed by atoms with Crippen molar-refractivity contribution in [3.05, 3.63) is 54.0 Å². The number of hydrogen-bond acceptors (Lipinski definition) is 4. The van der Waals surface area contributed by atoms with Crippen molar-refractivity contribution in [2.45, 2.75) is 45.1 Å². The Hall–Kier alpha value is -3.09. The minimum absolute atomic E-state index is 0.0883. The van der Waals surface area contributed by atoms with Gasteiger partial charge >= 0.3 is 0 Å². The summed E-state index contributed by atoms with van der Waals surface area (Å²) in [7, 11) is 0. The van der Waals surface area contributed by atoms with Gasteiger partial charge in [-0.3, -0.25) is 14.4 Å². The minimum atomic E-state index is -0.473. The maximum absolute atomic E-state index is 12.8. The summed E-state index contributed by atoms with van der Waals surface area (Å²) in [5.74, 6) is -0.899. The van der Waals surface area contributed by atoms with Crippen LogP contribution in [0.4, 0.5) is 5.69 Å². The van der Waals surface area contributed by atoms with Crippen LogP contribution in [0.25, 0.3) is 0 Å². The Labute approximate surface area is 170 Å². The van der Waals surface area contributed by atoms with Crippen molar-refractivity contribution in [3.8, 4) is 0 Å². The van der Waals surface area contributed by atoms with Crippen molar-refractivity contribution in [1.82, 2.24) is 10.6 Å². The molecule has 1 aromatic heterocycles. The molecule has 1 saturated carbocycles. The number of anilines is 1. The largest absolute Gasteiger partial charge is 0.459 e. The molecule has 0 atom stereocenters. The van der Waals surface area contributed by atoms with E-state index < -0.39 is 5.91 Å². The highest BCUT2D eigenvalue weighted by Crippen LogP contribution is 2.18. The molecule has 3 amide bonds. The Morgan fingerprint density at radius 3 is 2.45 bits per heavy atom. The van der Waals surface area contributed by atoms with Gasteiger partial charge in [-0.25, -0.2) is 0 Å². The highest BCUT2D eigenvalue weighted by atomic mass is 16.3. The highest BCUT2D eigenvalue weighted by Gasteiger charge is 2.22. The van der Waals surface area contributed by atoms with E-state index in [1.807, 2.05) is 19.1 Å². The number of nitrogens with zero attached hydrogens (tertiary/aromatic N) is 1. The first-order valence-electron chi connectivity index (χ1n) is 10.0. The van der Waals surface area contributed by atoms with E-state index in [0.717, 1.165) is 31.2 Å². The van der Waals surface area contributed by atoms with E-state index in [1.54, 1.807) is 18.2 Å². The zero-order valence-corrected chi connectivity index (χ0v) is 16.6.